The van der Waals surface area contributed by atoms with Gasteiger partial charge in [-0.25, -0.2) is 9.78 Å². The summed E-state index contributed by atoms with van der Waals surface area (Å²) >= 11 is 6.21. The number of carbonyl (C=O) groups is 3. The maximum atomic E-state index is 11.8. The van der Waals surface area contributed by atoms with Crippen molar-refractivity contribution >= 4 is 49.6 Å². The van der Waals surface area contributed by atoms with E-state index in [1.54, 1.807) is 0 Å². The van der Waals surface area contributed by atoms with E-state index in [0.717, 1.165) is 0 Å². The molecular formula is C10H9Br2N3O4. The first-order valence-corrected chi connectivity index (χ1v) is 6.53. The van der Waals surface area contributed by atoms with Crippen LogP contribution in [0.1, 0.15) is 16.8 Å². The Morgan fingerprint density at radius 2 is 1.84 bits per heavy atom. The molecule has 0 aliphatic rings. The number of halogens is 2. The third-order valence-corrected chi connectivity index (χ3v) is 2.85. The maximum Gasteiger partial charge on any atom is 0.326 e. The van der Waals surface area contributed by atoms with Gasteiger partial charge in [0, 0.05) is 5.56 Å². The number of aliphatic carboxylic acids is 1. The summed E-state index contributed by atoms with van der Waals surface area (Å²) in [7, 11) is 0. The first-order chi connectivity index (χ1) is 8.79. The van der Waals surface area contributed by atoms with E-state index in [-0.39, 0.29) is 5.56 Å². The molecule has 1 aromatic rings. The van der Waals surface area contributed by atoms with Gasteiger partial charge in [-0.15, -0.1) is 0 Å². The number of amides is 2. The van der Waals surface area contributed by atoms with Crippen LogP contribution in [0.5, 0.6) is 0 Å². The number of carboxylic acids is 1. The van der Waals surface area contributed by atoms with Gasteiger partial charge in [0.25, 0.3) is 5.91 Å². The second-order valence-electron chi connectivity index (χ2n) is 3.54. The van der Waals surface area contributed by atoms with Crippen molar-refractivity contribution < 1.29 is 19.5 Å². The van der Waals surface area contributed by atoms with Crippen LogP contribution in [0.2, 0.25) is 0 Å². The van der Waals surface area contributed by atoms with Crippen molar-refractivity contribution in [1.29, 1.82) is 0 Å². The standard InChI is InChI=1S/C10H9Br2N3O4/c11-6-1-4(2-7(12)15-6)9(17)14-5(10(18)19)3-8(13)16/h1-2,5H,3H2,(H2,13,16)(H,14,17)(H,18,19)/t5-/m0/s1. The zero-order valence-electron chi connectivity index (χ0n) is 9.39. The lowest BCUT2D eigenvalue weighted by Gasteiger charge is -2.12. The van der Waals surface area contributed by atoms with E-state index >= 15 is 0 Å². The van der Waals surface area contributed by atoms with Crippen LogP contribution in [0.25, 0.3) is 0 Å². The molecule has 0 saturated carbocycles. The molecular weight excluding hydrogens is 386 g/mol. The van der Waals surface area contributed by atoms with Crippen molar-refractivity contribution in [2.45, 2.75) is 12.5 Å². The van der Waals surface area contributed by atoms with Gasteiger partial charge in [-0.2, -0.15) is 0 Å². The number of aromatic nitrogens is 1. The fourth-order valence-electron chi connectivity index (χ4n) is 1.24. The Morgan fingerprint density at radius 1 is 1.32 bits per heavy atom. The topological polar surface area (TPSA) is 122 Å². The van der Waals surface area contributed by atoms with Gasteiger partial charge in [-0.3, -0.25) is 9.59 Å². The minimum atomic E-state index is -1.37. The van der Waals surface area contributed by atoms with E-state index in [0.29, 0.717) is 9.21 Å². The predicted octanol–water partition coefficient (Wildman–Crippen LogP) is 0.665. The SMILES string of the molecule is NC(=O)C[C@H](NC(=O)c1cc(Br)nc(Br)c1)C(=O)O. The summed E-state index contributed by atoms with van der Waals surface area (Å²) in [6.07, 6.45) is -0.478. The number of nitrogens with one attached hydrogen (secondary N) is 1. The van der Waals surface area contributed by atoms with Gasteiger partial charge in [0.15, 0.2) is 0 Å². The summed E-state index contributed by atoms with van der Waals surface area (Å²) in [6, 6.07) is 1.47. The second kappa shape index (κ2) is 6.62. The second-order valence-corrected chi connectivity index (χ2v) is 5.16. The monoisotopic (exact) mass is 393 g/mol. The molecule has 1 rings (SSSR count). The molecule has 2 amide bonds. The fourth-order valence-corrected chi connectivity index (χ4v) is 2.35. The Labute approximate surface area is 124 Å². The molecule has 1 heterocycles. The van der Waals surface area contributed by atoms with Crippen LogP contribution in [0.15, 0.2) is 21.3 Å². The lowest BCUT2D eigenvalue weighted by atomic mass is 10.1. The highest BCUT2D eigenvalue weighted by Crippen LogP contribution is 2.15. The molecule has 0 bridgehead atoms. The van der Waals surface area contributed by atoms with Gasteiger partial charge in [0.1, 0.15) is 15.2 Å². The Kier molecular flexibility index (Phi) is 5.43. The molecule has 0 aliphatic carbocycles. The number of carbonyl (C=O) groups excluding carboxylic acids is 2. The van der Waals surface area contributed by atoms with Gasteiger partial charge >= 0.3 is 5.97 Å². The first-order valence-electron chi connectivity index (χ1n) is 4.94. The number of hydrogen-bond acceptors (Lipinski definition) is 4. The van der Waals surface area contributed by atoms with Crippen molar-refractivity contribution in [2.24, 2.45) is 5.73 Å². The van der Waals surface area contributed by atoms with Gasteiger partial charge < -0.3 is 16.2 Å². The van der Waals surface area contributed by atoms with Crippen LogP contribution in [-0.4, -0.2) is 33.9 Å². The quantitative estimate of drug-likeness (QED) is 0.633. The Hall–Kier alpha value is -1.48. The summed E-state index contributed by atoms with van der Waals surface area (Å²) in [5, 5.41) is 11.1. The lowest BCUT2D eigenvalue weighted by Crippen LogP contribution is -2.43. The van der Waals surface area contributed by atoms with E-state index in [2.05, 4.69) is 42.2 Å². The van der Waals surface area contributed by atoms with Crippen molar-refractivity contribution in [3.63, 3.8) is 0 Å². The molecule has 0 aliphatic heterocycles. The minimum absolute atomic E-state index is 0.199. The van der Waals surface area contributed by atoms with Crippen LogP contribution in [0.4, 0.5) is 0 Å². The molecule has 0 radical (unpaired) electrons. The Bertz CT molecular complexity index is 515. The summed E-state index contributed by atoms with van der Waals surface area (Å²) in [5.41, 5.74) is 5.11. The number of rotatable bonds is 5. The zero-order chi connectivity index (χ0) is 14.6. The van der Waals surface area contributed by atoms with Crippen molar-refractivity contribution in [1.82, 2.24) is 10.3 Å². The molecule has 19 heavy (non-hydrogen) atoms. The Balaban J connectivity index is 2.87. The highest BCUT2D eigenvalue weighted by atomic mass is 79.9. The molecule has 7 nitrogen and oxygen atoms in total. The van der Waals surface area contributed by atoms with E-state index in [4.69, 9.17) is 10.8 Å². The minimum Gasteiger partial charge on any atom is -0.480 e. The number of primary amides is 1. The van der Waals surface area contributed by atoms with Gasteiger partial charge in [-0.05, 0) is 44.0 Å². The zero-order valence-corrected chi connectivity index (χ0v) is 12.6. The molecule has 102 valence electrons. The van der Waals surface area contributed by atoms with E-state index in [9.17, 15) is 14.4 Å². The molecule has 4 N–H and O–H groups in total. The number of nitrogens with zero attached hydrogens (tertiary/aromatic N) is 1. The third kappa shape index (κ3) is 4.95. The fraction of sp³-hybridized carbons (Fsp3) is 0.200. The smallest absolute Gasteiger partial charge is 0.326 e. The van der Waals surface area contributed by atoms with E-state index in [1.165, 1.54) is 12.1 Å². The molecule has 0 aromatic carbocycles. The number of carboxylic acid groups (broad SMARTS) is 1. The largest absolute Gasteiger partial charge is 0.480 e. The molecule has 1 atom stereocenters. The Morgan fingerprint density at radius 3 is 2.26 bits per heavy atom. The highest BCUT2D eigenvalue weighted by Gasteiger charge is 2.23. The molecule has 0 saturated heterocycles. The van der Waals surface area contributed by atoms with Crippen molar-refractivity contribution in [2.75, 3.05) is 0 Å². The maximum absolute atomic E-state index is 11.8. The summed E-state index contributed by atoms with van der Waals surface area (Å²) in [4.78, 5) is 37.4. The van der Waals surface area contributed by atoms with Crippen LogP contribution in [-0.2, 0) is 9.59 Å². The first kappa shape index (κ1) is 15.6. The number of hydrogen-bond donors (Lipinski definition) is 3. The number of nitrogens with two attached hydrogens (primary N) is 1. The van der Waals surface area contributed by atoms with Crippen LogP contribution in [0.3, 0.4) is 0 Å². The summed E-state index contributed by atoms with van der Waals surface area (Å²) < 4.78 is 0.822. The van der Waals surface area contributed by atoms with Crippen LogP contribution in [0, 0.1) is 0 Å². The van der Waals surface area contributed by atoms with Gasteiger partial charge in [0.05, 0.1) is 6.42 Å². The molecule has 0 spiro atoms. The summed E-state index contributed by atoms with van der Waals surface area (Å²) in [5.74, 6) is -2.79. The summed E-state index contributed by atoms with van der Waals surface area (Å²) in [6.45, 7) is 0. The number of pyridine rings is 1. The molecule has 9 heteroatoms. The van der Waals surface area contributed by atoms with Gasteiger partial charge in [0.2, 0.25) is 5.91 Å². The third-order valence-electron chi connectivity index (χ3n) is 2.03. The van der Waals surface area contributed by atoms with Crippen molar-refractivity contribution in [3.8, 4) is 0 Å². The van der Waals surface area contributed by atoms with E-state index in [1.807, 2.05) is 0 Å². The molecule has 0 fully saturated rings. The van der Waals surface area contributed by atoms with Crippen LogP contribution < -0.4 is 11.1 Å². The van der Waals surface area contributed by atoms with Gasteiger partial charge in [-0.1, -0.05) is 0 Å². The van der Waals surface area contributed by atoms with Crippen LogP contribution >= 0.6 is 31.9 Å². The lowest BCUT2D eigenvalue weighted by molar-refractivity contribution is -0.140. The molecule has 1 aromatic heterocycles. The normalized spacial score (nSPS) is 11.7. The van der Waals surface area contributed by atoms with E-state index < -0.39 is 30.2 Å². The molecule has 0 unspecified atom stereocenters. The van der Waals surface area contributed by atoms with Crippen molar-refractivity contribution in [3.05, 3.63) is 26.9 Å². The predicted molar refractivity (Wildman–Crippen MR) is 72.3 cm³/mol. The average molecular weight is 395 g/mol. The average Bonchev–Trinajstić information content (AvgIpc) is 2.25. The highest BCUT2D eigenvalue weighted by molar-refractivity contribution is 9.11.